The third-order valence-electron chi connectivity index (χ3n) is 2.10. The van der Waals surface area contributed by atoms with E-state index in [4.69, 9.17) is 0 Å². The van der Waals surface area contributed by atoms with Crippen LogP contribution in [-0.2, 0) is 0 Å². The Morgan fingerprint density at radius 2 is 2.00 bits per heavy atom. The monoisotopic (exact) mass is 164 g/mol. The van der Waals surface area contributed by atoms with Crippen molar-refractivity contribution in [3.63, 3.8) is 0 Å². The van der Waals surface area contributed by atoms with Crippen LogP contribution in [0, 0.1) is 13.8 Å². The summed E-state index contributed by atoms with van der Waals surface area (Å²) in [6.45, 7) is 8.33. The van der Waals surface area contributed by atoms with E-state index >= 15 is 0 Å². The largest absolute Gasteiger partial charge is 0.239 e. The van der Waals surface area contributed by atoms with Gasteiger partial charge < -0.3 is 0 Å². The molecule has 0 aliphatic heterocycles. The standard InChI is InChI=1S/C10H16N2/c1-5-7(2)10-6-8(3)11-9(4)12-10/h6-7H,5H2,1-4H3. The second kappa shape index (κ2) is 3.65. The summed E-state index contributed by atoms with van der Waals surface area (Å²) in [4.78, 5) is 8.63. The van der Waals surface area contributed by atoms with Crippen LogP contribution in [0.2, 0.25) is 0 Å². The lowest BCUT2D eigenvalue weighted by atomic mass is 10.0. The van der Waals surface area contributed by atoms with Crippen LogP contribution in [0.4, 0.5) is 0 Å². The molecule has 0 aliphatic rings. The molecular formula is C10H16N2. The molecule has 1 rings (SSSR count). The normalized spacial score (nSPS) is 13.0. The summed E-state index contributed by atoms with van der Waals surface area (Å²) in [6, 6.07) is 2.07. The van der Waals surface area contributed by atoms with Gasteiger partial charge in [-0.25, -0.2) is 9.97 Å². The number of hydrogen-bond acceptors (Lipinski definition) is 2. The molecule has 1 aromatic rings. The third kappa shape index (κ3) is 2.03. The van der Waals surface area contributed by atoms with Crippen molar-refractivity contribution >= 4 is 0 Å². The number of aryl methyl sites for hydroxylation is 2. The number of rotatable bonds is 2. The van der Waals surface area contributed by atoms with E-state index in [1.807, 2.05) is 13.8 Å². The van der Waals surface area contributed by atoms with E-state index in [2.05, 4.69) is 29.9 Å². The second-order valence-electron chi connectivity index (χ2n) is 3.29. The van der Waals surface area contributed by atoms with Crippen LogP contribution in [0.3, 0.4) is 0 Å². The maximum absolute atomic E-state index is 4.39. The summed E-state index contributed by atoms with van der Waals surface area (Å²) >= 11 is 0. The van der Waals surface area contributed by atoms with Crippen molar-refractivity contribution in [2.75, 3.05) is 0 Å². The molecule has 0 aromatic carbocycles. The molecule has 0 aliphatic carbocycles. The van der Waals surface area contributed by atoms with Gasteiger partial charge in [0.05, 0.1) is 0 Å². The Labute approximate surface area is 74.1 Å². The van der Waals surface area contributed by atoms with Crippen LogP contribution < -0.4 is 0 Å². The predicted molar refractivity (Wildman–Crippen MR) is 50.2 cm³/mol. The Morgan fingerprint density at radius 1 is 1.33 bits per heavy atom. The average Bonchev–Trinajstić information content (AvgIpc) is 2.01. The summed E-state index contributed by atoms with van der Waals surface area (Å²) in [5, 5.41) is 0. The van der Waals surface area contributed by atoms with Gasteiger partial charge in [0.1, 0.15) is 5.82 Å². The first-order valence-corrected chi connectivity index (χ1v) is 4.45. The maximum Gasteiger partial charge on any atom is 0.125 e. The molecule has 0 amide bonds. The fraction of sp³-hybridized carbons (Fsp3) is 0.600. The summed E-state index contributed by atoms with van der Waals surface area (Å²) in [6.07, 6.45) is 1.13. The second-order valence-corrected chi connectivity index (χ2v) is 3.29. The molecule has 1 aromatic heterocycles. The number of hydrogen-bond donors (Lipinski definition) is 0. The molecule has 0 spiro atoms. The van der Waals surface area contributed by atoms with Gasteiger partial charge >= 0.3 is 0 Å². The van der Waals surface area contributed by atoms with Crippen molar-refractivity contribution in [3.05, 3.63) is 23.3 Å². The van der Waals surface area contributed by atoms with Crippen LogP contribution in [0.25, 0.3) is 0 Å². The first kappa shape index (κ1) is 9.17. The Balaban J connectivity index is 3.00. The lowest BCUT2D eigenvalue weighted by Crippen LogP contribution is -2.00. The smallest absolute Gasteiger partial charge is 0.125 e. The Hall–Kier alpha value is -0.920. The van der Waals surface area contributed by atoms with E-state index < -0.39 is 0 Å². The molecule has 0 saturated heterocycles. The van der Waals surface area contributed by atoms with Gasteiger partial charge in [0.2, 0.25) is 0 Å². The first-order valence-electron chi connectivity index (χ1n) is 4.45. The zero-order valence-corrected chi connectivity index (χ0v) is 8.26. The summed E-state index contributed by atoms with van der Waals surface area (Å²) < 4.78 is 0. The summed E-state index contributed by atoms with van der Waals surface area (Å²) in [5.74, 6) is 1.43. The molecule has 1 unspecified atom stereocenters. The highest BCUT2D eigenvalue weighted by Crippen LogP contribution is 2.16. The topological polar surface area (TPSA) is 25.8 Å². The van der Waals surface area contributed by atoms with Crippen LogP contribution >= 0.6 is 0 Å². The van der Waals surface area contributed by atoms with Gasteiger partial charge in [-0.15, -0.1) is 0 Å². The molecule has 0 fully saturated rings. The average molecular weight is 164 g/mol. The first-order chi connectivity index (χ1) is 5.63. The van der Waals surface area contributed by atoms with Crippen molar-refractivity contribution in [2.24, 2.45) is 0 Å². The molecule has 66 valence electrons. The highest BCUT2D eigenvalue weighted by molar-refractivity contribution is 5.12. The molecule has 0 radical (unpaired) electrons. The molecule has 0 N–H and O–H groups in total. The quantitative estimate of drug-likeness (QED) is 0.671. The van der Waals surface area contributed by atoms with Crippen molar-refractivity contribution in [3.8, 4) is 0 Å². The molecule has 12 heavy (non-hydrogen) atoms. The number of aromatic nitrogens is 2. The Bertz CT molecular complexity index is 248. The minimum absolute atomic E-state index is 0.547. The van der Waals surface area contributed by atoms with Gasteiger partial charge in [-0.05, 0) is 32.3 Å². The predicted octanol–water partition coefficient (Wildman–Crippen LogP) is 2.61. The van der Waals surface area contributed by atoms with Crippen LogP contribution in [0.1, 0.15) is 43.4 Å². The van der Waals surface area contributed by atoms with Gasteiger partial charge in [-0.2, -0.15) is 0 Å². The lowest BCUT2D eigenvalue weighted by molar-refractivity contribution is 0.697. The zero-order chi connectivity index (χ0) is 9.14. The Kier molecular flexibility index (Phi) is 2.79. The molecule has 0 saturated carbocycles. The molecule has 2 heteroatoms. The van der Waals surface area contributed by atoms with E-state index in [9.17, 15) is 0 Å². The van der Waals surface area contributed by atoms with Gasteiger partial charge in [0.15, 0.2) is 0 Å². The van der Waals surface area contributed by atoms with Crippen molar-refractivity contribution in [2.45, 2.75) is 40.0 Å². The van der Waals surface area contributed by atoms with E-state index in [0.717, 1.165) is 17.9 Å². The van der Waals surface area contributed by atoms with Crippen molar-refractivity contribution in [1.29, 1.82) is 0 Å². The highest BCUT2D eigenvalue weighted by Gasteiger charge is 2.05. The maximum atomic E-state index is 4.39. The summed E-state index contributed by atoms with van der Waals surface area (Å²) in [5.41, 5.74) is 2.24. The summed E-state index contributed by atoms with van der Waals surface area (Å²) in [7, 11) is 0. The molecule has 0 bridgehead atoms. The van der Waals surface area contributed by atoms with E-state index in [1.54, 1.807) is 0 Å². The Morgan fingerprint density at radius 3 is 2.50 bits per heavy atom. The van der Waals surface area contributed by atoms with Crippen LogP contribution in [-0.4, -0.2) is 9.97 Å². The molecular weight excluding hydrogens is 148 g/mol. The highest BCUT2D eigenvalue weighted by atomic mass is 14.9. The van der Waals surface area contributed by atoms with Crippen molar-refractivity contribution in [1.82, 2.24) is 9.97 Å². The fourth-order valence-electron chi connectivity index (χ4n) is 1.21. The van der Waals surface area contributed by atoms with Crippen LogP contribution in [0.15, 0.2) is 6.07 Å². The fourth-order valence-corrected chi connectivity index (χ4v) is 1.21. The van der Waals surface area contributed by atoms with E-state index in [1.165, 1.54) is 5.69 Å². The van der Waals surface area contributed by atoms with Gasteiger partial charge in [0, 0.05) is 11.4 Å². The van der Waals surface area contributed by atoms with Gasteiger partial charge in [-0.1, -0.05) is 13.8 Å². The molecule has 1 heterocycles. The zero-order valence-electron chi connectivity index (χ0n) is 8.26. The SMILES string of the molecule is CCC(C)c1cc(C)nc(C)n1. The van der Waals surface area contributed by atoms with E-state index in [0.29, 0.717) is 5.92 Å². The van der Waals surface area contributed by atoms with Crippen molar-refractivity contribution < 1.29 is 0 Å². The molecule has 1 atom stereocenters. The molecule has 2 nitrogen and oxygen atoms in total. The third-order valence-corrected chi connectivity index (χ3v) is 2.10. The van der Waals surface area contributed by atoms with E-state index in [-0.39, 0.29) is 0 Å². The van der Waals surface area contributed by atoms with Gasteiger partial charge in [0.25, 0.3) is 0 Å². The van der Waals surface area contributed by atoms with Crippen LogP contribution in [0.5, 0.6) is 0 Å². The minimum Gasteiger partial charge on any atom is -0.239 e. The van der Waals surface area contributed by atoms with Gasteiger partial charge in [-0.3, -0.25) is 0 Å². The minimum atomic E-state index is 0.547. The lowest BCUT2D eigenvalue weighted by Gasteiger charge is -2.08. The number of nitrogens with zero attached hydrogens (tertiary/aromatic N) is 2.